The van der Waals surface area contributed by atoms with E-state index in [4.69, 9.17) is 0 Å². The standard InChI is InChI=1S/C15H26N4S/c1-5-16-19(7-1)8-2-6-17-9-11-18(12-10-17)15-3-13-20-14-4-15/h1,5,7,15H,2-4,6,8-14H2. The van der Waals surface area contributed by atoms with Gasteiger partial charge in [-0.2, -0.15) is 16.9 Å². The largest absolute Gasteiger partial charge is 0.301 e. The van der Waals surface area contributed by atoms with Gasteiger partial charge >= 0.3 is 0 Å². The van der Waals surface area contributed by atoms with E-state index in [1.165, 1.54) is 63.5 Å². The Morgan fingerprint density at radius 2 is 1.85 bits per heavy atom. The van der Waals surface area contributed by atoms with Crippen molar-refractivity contribution < 1.29 is 0 Å². The van der Waals surface area contributed by atoms with Crippen molar-refractivity contribution in [1.29, 1.82) is 0 Å². The maximum atomic E-state index is 4.26. The first-order valence-electron chi connectivity index (χ1n) is 7.93. The van der Waals surface area contributed by atoms with Crippen LogP contribution in [0.15, 0.2) is 18.5 Å². The first-order valence-corrected chi connectivity index (χ1v) is 9.09. The van der Waals surface area contributed by atoms with Crippen molar-refractivity contribution in [3.05, 3.63) is 18.5 Å². The number of hydrogen-bond acceptors (Lipinski definition) is 4. The van der Waals surface area contributed by atoms with E-state index in [9.17, 15) is 0 Å². The van der Waals surface area contributed by atoms with Gasteiger partial charge in [0.2, 0.25) is 0 Å². The molecule has 0 aliphatic carbocycles. The summed E-state index contributed by atoms with van der Waals surface area (Å²) >= 11 is 2.13. The third kappa shape index (κ3) is 3.99. The molecule has 3 rings (SSSR count). The van der Waals surface area contributed by atoms with E-state index in [0.29, 0.717) is 0 Å². The lowest BCUT2D eigenvalue weighted by atomic mass is 10.1. The normalized spacial score (nSPS) is 23.2. The van der Waals surface area contributed by atoms with E-state index in [2.05, 4.69) is 32.9 Å². The zero-order valence-electron chi connectivity index (χ0n) is 12.3. The summed E-state index contributed by atoms with van der Waals surface area (Å²) in [4.78, 5) is 5.36. The molecule has 0 N–H and O–H groups in total. The van der Waals surface area contributed by atoms with Gasteiger partial charge < -0.3 is 4.90 Å². The Morgan fingerprint density at radius 3 is 2.55 bits per heavy atom. The van der Waals surface area contributed by atoms with E-state index in [1.807, 2.05) is 16.9 Å². The lowest BCUT2D eigenvalue weighted by molar-refractivity contribution is 0.0904. The fraction of sp³-hybridized carbons (Fsp3) is 0.800. The number of rotatable bonds is 5. The summed E-state index contributed by atoms with van der Waals surface area (Å²) < 4.78 is 2.04. The lowest BCUT2D eigenvalue weighted by Gasteiger charge is -2.40. The van der Waals surface area contributed by atoms with Gasteiger partial charge in [0.25, 0.3) is 0 Å². The van der Waals surface area contributed by atoms with E-state index < -0.39 is 0 Å². The molecule has 20 heavy (non-hydrogen) atoms. The Balaban J connectivity index is 1.33. The van der Waals surface area contributed by atoms with Crippen LogP contribution in [-0.4, -0.2) is 69.9 Å². The molecule has 4 nitrogen and oxygen atoms in total. The van der Waals surface area contributed by atoms with Gasteiger partial charge in [0.1, 0.15) is 0 Å². The van der Waals surface area contributed by atoms with Crippen molar-refractivity contribution in [3.8, 4) is 0 Å². The van der Waals surface area contributed by atoms with Gasteiger partial charge in [-0.3, -0.25) is 9.58 Å². The van der Waals surface area contributed by atoms with Crippen molar-refractivity contribution in [1.82, 2.24) is 19.6 Å². The second kappa shape index (κ2) is 7.48. The number of piperazine rings is 1. The van der Waals surface area contributed by atoms with Crippen LogP contribution in [0.2, 0.25) is 0 Å². The van der Waals surface area contributed by atoms with Gasteiger partial charge in [-0.05, 0) is 43.4 Å². The topological polar surface area (TPSA) is 24.3 Å². The van der Waals surface area contributed by atoms with Gasteiger partial charge in [-0.25, -0.2) is 0 Å². The number of hydrogen-bond donors (Lipinski definition) is 0. The van der Waals surface area contributed by atoms with Gasteiger partial charge in [0.05, 0.1) is 0 Å². The van der Waals surface area contributed by atoms with Gasteiger partial charge in [0.15, 0.2) is 0 Å². The summed E-state index contributed by atoms with van der Waals surface area (Å²) in [5.41, 5.74) is 0. The molecule has 1 aromatic rings. The predicted molar refractivity (Wildman–Crippen MR) is 85.2 cm³/mol. The molecule has 3 heterocycles. The molecule has 2 saturated heterocycles. The molecule has 0 unspecified atom stereocenters. The second-order valence-electron chi connectivity index (χ2n) is 5.84. The van der Waals surface area contributed by atoms with E-state index in [-0.39, 0.29) is 0 Å². The van der Waals surface area contributed by atoms with Crippen LogP contribution >= 0.6 is 11.8 Å². The maximum absolute atomic E-state index is 4.26. The molecule has 2 aliphatic rings. The highest BCUT2D eigenvalue weighted by molar-refractivity contribution is 7.99. The highest BCUT2D eigenvalue weighted by Crippen LogP contribution is 2.22. The minimum atomic E-state index is 0.877. The van der Waals surface area contributed by atoms with Crippen molar-refractivity contribution in [3.63, 3.8) is 0 Å². The van der Waals surface area contributed by atoms with Crippen LogP contribution in [0.3, 0.4) is 0 Å². The molecule has 0 amide bonds. The first-order chi connectivity index (χ1) is 9.92. The summed E-state index contributed by atoms with van der Waals surface area (Å²) in [6.45, 7) is 7.32. The Kier molecular flexibility index (Phi) is 5.39. The van der Waals surface area contributed by atoms with Crippen molar-refractivity contribution in [2.24, 2.45) is 0 Å². The third-order valence-electron chi connectivity index (χ3n) is 4.53. The average Bonchev–Trinajstić information content (AvgIpc) is 3.02. The highest BCUT2D eigenvalue weighted by atomic mass is 32.2. The van der Waals surface area contributed by atoms with E-state index >= 15 is 0 Å². The van der Waals surface area contributed by atoms with Crippen LogP contribution in [0.1, 0.15) is 19.3 Å². The quantitative estimate of drug-likeness (QED) is 0.826. The van der Waals surface area contributed by atoms with Crippen LogP contribution in [0.5, 0.6) is 0 Å². The smallest absolute Gasteiger partial charge is 0.0489 e. The molecule has 0 atom stereocenters. The zero-order chi connectivity index (χ0) is 13.6. The monoisotopic (exact) mass is 294 g/mol. The first kappa shape index (κ1) is 14.4. The van der Waals surface area contributed by atoms with E-state index in [0.717, 1.165) is 12.6 Å². The maximum Gasteiger partial charge on any atom is 0.0489 e. The third-order valence-corrected chi connectivity index (χ3v) is 5.58. The number of aromatic nitrogens is 2. The van der Waals surface area contributed by atoms with Crippen molar-refractivity contribution in [2.75, 3.05) is 44.2 Å². The number of aryl methyl sites for hydroxylation is 1. The Labute approximate surface area is 126 Å². The van der Waals surface area contributed by atoms with Crippen molar-refractivity contribution >= 4 is 11.8 Å². The van der Waals surface area contributed by atoms with Gasteiger partial charge in [-0.15, -0.1) is 0 Å². The highest BCUT2D eigenvalue weighted by Gasteiger charge is 2.24. The van der Waals surface area contributed by atoms with Crippen LogP contribution in [-0.2, 0) is 6.54 Å². The average molecular weight is 294 g/mol. The van der Waals surface area contributed by atoms with Gasteiger partial charge in [0, 0.05) is 51.2 Å². The molecule has 1 aromatic heterocycles. The van der Waals surface area contributed by atoms with Crippen LogP contribution < -0.4 is 0 Å². The predicted octanol–water partition coefficient (Wildman–Crippen LogP) is 1.79. The molecule has 112 valence electrons. The molecule has 0 aromatic carbocycles. The molecule has 0 bridgehead atoms. The second-order valence-corrected chi connectivity index (χ2v) is 7.07. The summed E-state index contributed by atoms with van der Waals surface area (Å²) in [5.74, 6) is 2.74. The molecular weight excluding hydrogens is 268 g/mol. The van der Waals surface area contributed by atoms with Crippen LogP contribution in [0.25, 0.3) is 0 Å². The molecule has 0 spiro atoms. The minimum absolute atomic E-state index is 0.877. The molecular formula is C15H26N4S. The van der Waals surface area contributed by atoms with E-state index in [1.54, 1.807) is 0 Å². The molecule has 5 heteroatoms. The SMILES string of the molecule is c1cnn(CCCN2CCN(C3CCSCC3)CC2)c1. The Morgan fingerprint density at radius 1 is 1.05 bits per heavy atom. The van der Waals surface area contributed by atoms with Gasteiger partial charge in [-0.1, -0.05) is 0 Å². The lowest BCUT2D eigenvalue weighted by Crippen LogP contribution is -2.51. The Bertz CT molecular complexity index is 367. The molecule has 2 fully saturated rings. The van der Waals surface area contributed by atoms with Crippen LogP contribution in [0, 0.1) is 0 Å². The fourth-order valence-corrected chi connectivity index (χ4v) is 4.37. The van der Waals surface area contributed by atoms with Crippen LogP contribution in [0.4, 0.5) is 0 Å². The van der Waals surface area contributed by atoms with Crippen molar-refractivity contribution in [2.45, 2.75) is 31.8 Å². The zero-order valence-corrected chi connectivity index (χ0v) is 13.1. The summed E-state index contributed by atoms with van der Waals surface area (Å²) in [6, 6.07) is 2.88. The summed E-state index contributed by atoms with van der Waals surface area (Å²) in [5, 5.41) is 4.26. The Hall–Kier alpha value is -0.520. The number of nitrogens with zero attached hydrogens (tertiary/aromatic N) is 4. The number of thioether (sulfide) groups is 1. The minimum Gasteiger partial charge on any atom is -0.301 e. The fourth-order valence-electron chi connectivity index (χ4n) is 3.29. The molecule has 2 aliphatic heterocycles. The summed E-state index contributed by atoms with van der Waals surface area (Å²) in [6.07, 6.45) is 7.94. The molecule has 0 saturated carbocycles. The molecule has 0 radical (unpaired) electrons. The summed E-state index contributed by atoms with van der Waals surface area (Å²) in [7, 11) is 0.